The highest BCUT2D eigenvalue weighted by Gasteiger charge is 2.08. The molecule has 0 unspecified atom stereocenters. The molecule has 19 heavy (non-hydrogen) atoms. The van der Waals surface area contributed by atoms with Gasteiger partial charge in [0.05, 0.1) is 11.2 Å². The fraction of sp³-hybridized carbons (Fsp3) is 0.200. The van der Waals surface area contributed by atoms with Crippen molar-refractivity contribution in [3.05, 3.63) is 53.9 Å². The lowest BCUT2D eigenvalue weighted by molar-refractivity contribution is 0.758. The molecular formula is C15H16N4. The van der Waals surface area contributed by atoms with Crippen LogP contribution in [0.4, 0.5) is 5.82 Å². The van der Waals surface area contributed by atoms with E-state index in [0.29, 0.717) is 5.82 Å². The Bertz CT molecular complexity index is 715. The molecular weight excluding hydrogens is 236 g/mol. The highest BCUT2D eigenvalue weighted by atomic mass is 15.3. The lowest BCUT2D eigenvalue weighted by atomic mass is 10.1. The van der Waals surface area contributed by atoms with E-state index in [0.717, 1.165) is 29.6 Å². The van der Waals surface area contributed by atoms with Gasteiger partial charge < -0.3 is 5.73 Å². The van der Waals surface area contributed by atoms with Gasteiger partial charge in [-0.25, -0.2) is 4.98 Å². The number of fused-ring (bicyclic) bond motifs is 1. The lowest BCUT2D eigenvalue weighted by Crippen LogP contribution is -2.00. The largest absolute Gasteiger partial charge is 0.383 e. The SMILES string of the molecule is Cn1nc(CCc2cccnc2N)c2ccccc21. The molecule has 96 valence electrons. The van der Waals surface area contributed by atoms with Crippen molar-refractivity contribution in [2.24, 2.45) is 7.05 Å². The number of aryl methyl sites for hydroxylation is 3. The van der Waals surface area contributed by atoms with Crippen molar-refractivity contribution in [3.63, 3.8) is 0 Å². The summed E-state index contributed by atoms with van der Waals surface area (Å²) in [6.07, 6.45) is 3.45. The Balaban J connectivity index is 1.88. The van der Waals surface area contributed by atoms with Gasteiger partial charge in [-0.15, -0.1) is 0 Å². The van der Waals surface area contributed by atoms with Crippen molar-refractivity contribution in [1.29, 1.82) is 0 Å². The van der Waals surface area contributed by atoms with Crippen molar-refractivity contribution >= 4 is 16.7 Å². The van der Waals surface area contributed by atoms with Crippen LogP contribution >= 0.6 is 0 Å². The molecule has 0 amide bonds. The second-order valence-electron chi connectivity index (χ2n) is 4.64. The molecule has 1 aromatic carbocycles. The molecule has 2 aromatic heterocycles. The first kappa shape index (κ1) is 11.7. The number of nitrogens with zero attached hydrogens (tertiary/aromatic N) is 3. The van der Waals surface area contributed by atoms with E-state index in [1.165, 1.54) is 5.39 Å². The first-order valence-electron chi connectivity index (χ1n) is 6.35. The Labute approximate surface area is 111 Å². The first-order valence-corrected chi connectivity index (χ1v) is 6.35. The van der Waals surface area contributed by atoms with E-state index < -0.39 is 0 Å². The molecule has 0 spiro atoms. The number of pyridine rings is 1. The number of para-hydroxylation sites is 1. The minimum atomic E-state index is 0.614. The third-order valence-corrected chi connectivity index (χ3v) is 3.39. The third-order valence-electron chi connectivity index (χ3n) is 3.39. The second-order valence-corrected chi connectivity index (χ2v) is 4.64. The zero-order valence-corrected chi connectivity index (χ0v) is 10.9. The predicted octanol–water partition coefficient (Wildman–Crippen LogP) is 2.34. The van der Waals surface area contributed by atoms with E-state index in [1.54, 1.807) is 6.20 Å². The average Bonchev–Trinajstić information content (AvgIpc) is 2.75. The standard InChI is InChI=1S/C15H16N4/c1-19-14-7-3-2-6-12(14)13(18-19)9-8-11-5-4-10-17-15(11)16/h2-7,10H,8-9H2,1H3,(H2,16,17). The van der Waals surface area contributed by atoms with Gasteiger partial charge >= 0.3 is 0 Å². The Morgan fingerprint density at radius 3 is 2.79 bits per heavy atom. The summed E-state index contributed by atoms with van der Waals surface area (Å²) in [5.74, 6) is 0.614. The summed E-state index contributed by atoms with van der Waals surface area (Å²) in [4.78, 5) is 4.11. The molecule has 0 aliphatic heterocycles. The monoisotopic (exact) mass is 252 g/mol. The normalized spacial score (nSPS) is 11.0. The zero-order valence-electron chi connectivity index (χ0n) is 10.9. The number of aromatic nitrogens is 3. The van der Waals surface area contributed by atoms with Gasteiger partial charge in [0.2, 0.25) is 0 Å². The number of benzene rings is 1. The molecule has 0 aliphatic carbocycles. The van der Waals surface area contributed by atoms with Crippen molar-refractivity contribution in [2.45, 2.75) is 12.8 Å². The molecule has 0 saturated heterocycles. The van der Waals surface area contributed by atoms with Gasteiger partial charge in [-0.05, 0) is 30.5 Å². The smallest absolute Gasteiger partial charge is 0.126 e. The highest BCUT2D eigenvalue weighted by molar-refractivity contribution is 5.81. The van der Waals surface area contributed by atoms with Crippen LogP contribution in [-0.2, 0) is 19.9 Å². The molecule has 0 atom stereocenters. The molecule has 2 heterocycles. The maximum atomic E-state index is 5.87. The van der Waals surface area contributed by atoms with Crippen molar-refractivity contribution < 1.29 is 0 Å². The van der Waals surface area contributed by atoms with Crippen LogP contribution in [0, 0.1) is 0 Å². The first-order chi connectivity index (χ1) is 9.25. The Morgan fingerprint density at radius 1 is 1.11 bits per heavy atom. The van der Waals surface area contributed by atoms with Crippen LogP contribution in [0.3, 0.4) is 0 Å². The molecule has 0 radical (unpaired) electrons. The summed E-state index contributed by atoms with van der Waals surface area (Å²) < 4.78 is 1.93. The topological polar surface area (TPSA) is 56.7 Å². The molecule has 4 nitrogen and oxygen atoms in total. The van der Waals surface area contributed by atoms with E-state index in [9.17, 15) is 0 Å². The van der Waals surface area contributed by atoms with Gasteiger partial charge in [0.15, 0.2) is 0 Å². The van der Waals surface area contributed by atoms with Crippen molar-refractivity contribution in [1.82, 2.24) is 14.8 Å². The lowest BCUT2D eigenvalue weighted by Gasteiger charge is -2.02. The summed E-state index contributed by atoms with van der Waals surface area (Å²) in [5, 5.41) is 5.81. The van der Waals surface area contributed by atoms with Crippen LogP contribution in [0.2, 0.25) is 0 Å². The van der Waals surface area contributed by atoms with E-state index in [4.69, 9.17) is 5.73 Å². The van der Waals surface area contributed by atoms with Crippen LogP contribution in [-0.4, -0.2) is 14.8 Å². The molecule has 3 rings (SSSR count). The predicted molar refractivity (Wildman–Crippen MR) is 76.8 cm³/mol. The van der Waals surface area contributed by atoms with Gasteiger partial charge in [0.25, 0.3) is 0 Å². The molecule has 3 aromatic rings. The number of rotatable bonds is 3. The summed E-state index contributed by atoms with van der Waals surface area (Å²) >= 11 is 0. The van der Waals surface area contributed by atoms with Crippen LogP contribution in [0.25, 0.3) is 10.9 Å². The Hall–Kier alpha value is -2.36. The molecule has 0 saturated carbocycles. The maximum absolute atomic E-state index is 5.87. The number of anilines is 1. The van der Waals surface area contributed by atoms with Gasteiger partial charge in [-0.2, -0.15) is 5.10 Å². The quantitative estimate of drug-likeness (QED) is 0.778. The molecule has 0 aliphatic rings. The molecule has 2 N–H and O–H groups in total. The maximum Gasteiger partial charge on any atom is 0.126 e. The summed E-state index contributed by atoms with van der Waals surface area (Å²) in [6.45, 7) is 0. The summed E-state index contributed by atoms with van der Waals surface area (Å²) in [7, 11) is 1.98. The van der Waals surface area contributed by atoms with Gasteiger partial charge in [-0.3, -0.25) is 4.68 Å². The van der Waals surface area contributed by atoms with Gasteiger partial charge in [-0.1, -0.05) is 24.3 Å². The van der Waals surface area contributed by atoms with Crippen LogP contribution in [0.15, 0.2) is 42.6 Å². The number of hydrogen-bond donors (Lipinski definition) is 1. The van der Waals surface area contributed by atoms with E-state index in [1.807, 2.05) is 36.0 Å². The van der Waals surface area contributed by atoms with E-state index in [2.05, 4.69) is 22.2 Å². The fourth-order valence-corrected chi connectivity index (χ4v) is 2.39. The molecule has 0 bridgehead atoms. The number of nitrogens with two attached hydrogens (primary N) is 1. The highest BCUT2D eigenvalue weighted by Crippen LogP contribution is 2.19. The fourth-order valence-electron chi connectivity index (χ4n) is 2.39. The summed E-state index contributed by atoms with van der Waals surface area (Å²) in [5.41, 5.74) is 9.22. The van der Waals surface area contributed by atoms with Crippen molar-refractivity contribution in [3.8, 4) is 0 Å². The second kappa shape index (κ2) is 4.72. The average molecular weight is 252 g/mol. The van der Waals surface area contributed by atoms with Crippen LogP contribution in [0.1, 0.15) is 11.3 Å². The molecule has 0 fully saturated rings. The Morgan fingerprint density at radius 2 is 1.95 bits per heavy atom. The van der Waals surface area contributed by atoms with Gasteiger partial charge in [0, 0.05) is 18.6 Å². The van der Waals surface area contributed by atoms with Crippen LogP contribution in [0.5, 0.6) is 0 Å². The summed E-state index contributed by atoms with van der Waals surface area (Å²) in [6, 6.07) is 12.2. The minimum Gasteiger partial charge on any atom is -0.383 e. The van der Waals surface area contributed by atoms with Crippen LogP contribution < -0.4 is 5.73 Å². The number of nitrogen functional groups attached to an aromatic ring is 1. The van der Waals surface area contributed by atoms with E-state index in [-0.39, 0.29) is 0 Å². The Kier molecular flexibility index (Phi) is 2.91. The third kappa shape index (κ3) is 2.17. The molecule has 4 heteroatoms. The van der Waals surface area contributed by atoms with Gasteiger partial charge in [0.1, 0.15) is 5.82 Å². The van der Waals surface area contributed by atoms with E-state index >= 15 is 0 Å². The van der Waals surface area contributed by atoms with Crippen molar-refractivity contribution in [2.75, 3.05) is 5.73 Å². The zero-order chi connectivity index (χ0) is 13.2. The minimum absolute atomic E-state index is 0.614. The number of hydrogen-bond acceptors (Lipinski definition) is 3.